The molecule has 1 fully saturated rings. The summed E-state index contributed by atoms with van der Waals surface area (Å²) in [7, 11) is 1.60. The number of halogens is 1. The maximum Gasteiger partial charge on any atom is 0.193 e. The van der Waals surface area contributed by atoms with E-state index in [9.17, 15) is 0 Å². The van der Waals surface area contributed by atoms with Crippen molar-refractivity contribution in [3.05, 3.63) is 11.2 Å². The van der Waals surface area contributed by atoms with E-state index in [1.807, 2.05) is 0 Å². The quantitative estimate of drug-likeness (QED) is 0.840. The Morgan fingerprint density at radius 3 is 2.75 bits per heavy atom. The molecule has 0 saturated carbocycles. The molecule has 0 amide bonds. The third-order valence-corrected chi connectivity index (χ3v) is 2.95. The van der Waals surface area contributed by atoms with Crippen molar-refractivity contribution in [2.45, 2.75) is 18.9 Å². The molecule has 0 aromatic carbocycles. The molecule has 5 nitrogen and oxygen atoms in total. The van der Waals surface area contributed by atoms with Gasteiger partial charge in [-0.3, -0.25) is 0 Å². The Kier molecular flexibility index (Phi) is 3.46. The molecule has 0 radical (unpaired) electrons. The molecule has 1 aliphatic heterocycles. The Labute approximate surface area is 99.5 Å². The highest BCUT2D eigenvalue weighted by molar-refractivity contribution is 6.29. The summed E-state index contributed by atoms with van der Waals surface area (Å²) in [5.74, 6) is 1.41. The minimum Gasteiger partial charge on any atom is -0.493 e. The lowest BCUT2D eigenvalue weighted by atomic mass is 10.1. The van der Waals surface area contributed by atoms with Gasteiger partial charge in [0.1, 0.15) is 0 Å². The van der Waals surface area contributed by atoms with E-state index >= 15 is 0 Å². The average Bonchev–Trinajstić information content (AvgIpc) is 2.30. The van der Waals surface area contributed by atoms with Crippen molar-refractivity contribution in [1.82, 2.24) is 10.2 Å². The van der Waals surface area contributed by atoms with E-state index in [1.165, 1.54) is 0 Å². The SMILES string of the molecule is COc1cc(Cl)nnc1N1CCC(N)CC1. The fraction of sp³-hybridized carbons (Fsp3) is 0.600. The maximum absolute atomic E-state index is 5.85. The van der Waals surface area contributed by atoms with E-state index in [0.29, 0.717) is 16.9 Å². The lowest BCUT2D eigenvalue weighted by Gasteiger charge is -2.31. The maximum atomic E-state index is 5.85. The molecule has 1 saturated heterocycles. The largest absolute Gasteiger partial charge is 0.493 e. The van der Waals surface area contributed by atoms with Crippen molar-refractivity contribution < 1.29 is 4.74 Å². The van der Waals surface area contributed by atoms with Crippen molar-refractivity contribution in [1.29, 1.82) is 0 Å². The molecule has 0 bridgehead atoms. The first-order chi connectivity index (χ1) is 7.70. The molecular formula is C10H15ClN4O. The van der Waals surface area contributed by atoms with Crippen LogP contribution in [-0.4, -0.2) is 36.4 Å². The molecule has 2 heterocycles. The van der Waals surface area contributed by atoms with Gasteiger partial charge in [0, 0.05) is 25.2 Å². The number of methoxy groups -OCH3 is 1. The highest BCUT2D eigenvalue weighted by Crippen LogP contribution is 2.28. The summed E-state index contributed by atoms with van der Waals surface area (Å²) in [6.45, 7) is 1.77. The summed E-state index contributed by atoms with van der Waals surface area (Å²) in [6, 6.07) is 1.97. The van der Waals surface area contributed by atoms with Gasteiger partial charge in [0.15, 0.2) is 16.7 Å². The Morgan fingerprint density at radius 2 is 2.12 bits per heavy atom. The van der Waals surface area contributed by atoms with E-state index in [2.05, 4.69) is 15.1 Å². The fourth-order valence-electron chi connectivity index (χ4n) is 1.83. The van der Waals surface area contributed by atoms with Crippen molar-refractivity contribution in [3.8, 4) is 5.75 Å². The number of nitrogens with zero attached hydrogens (tertiary/aromatic N) is 3. The summed E-state index contributed by atoms with van der Waals surface area (Å²) in [5.41, 5.74) is 5.85. The lowest BCUT2D eigenvalue weighted by Crippen LogP contribution is -2.40. The molecule has 1 aliphatic rings. The number of aromatic nitrogens is 2. The molecule has 0 spiro atoms. The molecule has 0 unspecified atom stereocenters. The molecule has 2 N–H and O–H groups in total. The van der Waals surface area contributed by atoms with Gasteiger partial charge < -0.3 is 15.4 Å². The minimum atomic E-state index is 0.294. The number of ether oxygens (including phenoxy) is 1. The zero-order chi connectivity index (χ0) is 11.5. The number of rotatable bonds is 2. The second-order valence-electron chi connectivity index (χ2n) is 3.88. The van der Waals surface area contributed by atoms with E-state index in [-0.39, 0.29) is 0 Å². The number of piperidine rings is 1. The van der Waals surface area contributed by atoms with Gasteiger partial charge in [-0.2, -0.15) is 0 Å². The van der Waals surface area contributed by atoms with E-state index in [4.69, 9.17) is 22.1 Å². The monoisotopic (exact) mass is 242 g/mol. The first-order valence-electron chi connectivity index (χ1n) is 5.28. The molecule has 1 aromatic heterocycles. The van der Waals surface area contributed by atoms with Crippen LogP contribution in [0, 0.1) is 0 Å². The molecule has 16 heavy (non-hydrogen) atoms. The van der Waals surface area contributed by atoms with Gasteiger partial charge in [-0.15, -0.1) is 10.2 Å². The van der Waals surface area contributed by atoms with E-state index in [1.54, 1.807) is 13.2 Å². The van der Waals surface area contributed by atoms with Gasteiger partial charge >= 0.3 is 0 Å². The first-order valence-corrected chi connectivity index (χ1v) is 5.66. The van der Waals surface area contributed by atoms with E-state index in [0.717, 1.165) is 31.7 Å². The second kappa shape index (κ2) is 4.84. The molecule has 2 rings (SSSR count). The van der Waals surface area contributed by atoms with Crippen LogP contribution in [0.1, 0.15) is 12.8 Å². The van der Waals surface area contributed by atoms with Gasteiger partial charge in [0.05, 0.1) is 7.11 Å². The van der Waals surface area contributed by atoms with Gasteiger partial charge in [0.2, 0.25) is 0 Å². The Bertz CT molecular complexity index is 366. The van der Waals surface area contributed by atoms with Crippen LogP contribution < -0.4 is 15.4 Å². The summed E-state index contributed by atoms with van der Waals surface area (Å²) >= 11 is 5.77. The van der Waals surface area contributed by atoms with Gasteiger partial charge in [-0.05, 0) is 12.8 Å². The highest BCUT2D eigenvalue weighted by Gasteiger charge is 2.20. The number of hydrogen-bond acceptors (Lipinski definition) is 5. The van der Waals surface area contributed by atoms with Crippen molar-refractivity contribution >= 4 is 17.4 Å². The van der Waals surface area contributed by atoms with Gasteiger partial charge in [-0.1, -0.05) is 11.6 Å². The van der Waals surface area contributed by atoms with Crippen LogP contribution in [0.3, 0.4) is 0 Å². The Balaban J connectivity index is 2.19. The third-order valence-electron chi connectivity index (χ3n) is 2.77. The van der Waals surface area contributed by atoms with Gasteiger partial charge in [0.25, 0.3) is 0 Å². The smallest absolute Gasteiger partial charge is 0.193 e. The topological polar surface area (TPSA) is 64.3 Å². The Morgan fingerprint density at radius 1 is 1.44 bits per heavy atom. The van der Waals surface area contributed by atoms with Crippen molar-refractivity contribution in [2.24, 2.45) is 5.73 Å². The number of nitrogens with two attached hydrogens (primary N) is 1. The van der Waals surface area contributed by atoms with Crippen molar-refractivity contribution in [3.63, 3.8) is 0 Å². The van der Waals surface area contributed by atoms with Crippen molar-refractivity contribution in [2.75, 3.05) is 25.1 Å². The molecular weight excluding hydrogens is 228 g/mol. The zero-order valence-electron chi connectivity index (χ0n) is 9.19. The molecule has 0 atom stereocenters. The second-order valence-corrected chi connectivity index (χ2v) is 4.27. The van der Waals surface area contributed by atoms with Gasteiger partial charge in [-0.25, -0.2) is 0 Å². The summed E-state index contributed by atoms with van der Waals surface area (Å²) in [6.07, 6.45) is 1.93. The molecule has 6 heteroatoms. The summed E-state index contributed by atoms with van der Waals surface area (Å²) in [4.78, 5) is 2.13. The summed E-state index contributed by atoms with van der Waals surface area (Å²) in [5, 5.41) is 8.26. The molecule has 88 valence electrons. The number of anilines is 1. The Hall–Kier alpha value is -1.07. The normalized spacial score (nSPS) is 17.6. The van der Waals surface area contributed by atoms with Crippen LogP contribution in [0.2, 0.25) is 5.15 Å². The van der Waals surface area contributed by atoms with Crippen LogP contribution in [0.5, 0.6) is 5.75 Å². The molecule has 0 aliphatic carbocycles. The zero-order valence-corrected chi connectivity index (χ0v) is 9.94. The fourth-order valence-corrected chi connectivity index (χ4v) is 1.96. The highest BCUT2D eigenvalue weighted by atomic mass is 35.5. The van der Waals surface area contributed by atoms with Crippen LogP contribution in [0.25, 0.3) is 0 Å². The molecule has 1 aromatic rings. The minimum absolute atomic E-state index is 0.294. The third kappa shape index (κ3) is 2.36. The first kappa shape index (κ1) is 11.4. The predicted molar refractivity (Wildman–Crippen MR) is 63.0 cm³/mol. The standard InChI is InChI=1S/C10H15ClN4O/c1-16-8-6-9(11)13-14-10(8)15-4-2-7(12)3-5-15/h6-7H,2-5,12H2,1H3. The number of hydrogen-bond donors (Lipinski definition) is 1. The van der Waals surface area contributed by atoms with Crippen LogP contribution >= 0.6 is 11.6 Å². The lowest BCUT2D eigenvalue weighted by molar-refractivity contribution is 0.407. The van der Waals surface area contributed by atoms with Crippen LogP contribution in [0.15, 0.2) is 6.07 Å². The van der Waals surface area contributed by atoms with Crippen LogP contribution in [0.4, 0.5) is 5.82 Å². The summed E-state index contributed by atoms with van der Waals surface area (Å²) < 4.78 is 5.25. The van der Waals surface area contributed by atoms with E-state index < -0.39 is 0 Å². The predicted octanol–water partition coefficient (Wildman–Crippen LogP) is 1.07. The average molecular weight is 243 g/mol. The van der Waals surface area contributed by atoms with Crippen LogP contribution in [-0.2, 0) is 0 Å².